The lowest BCUT2D eigenvalue weighted by Crippen LogP contribution is -2.40. The maximum absolute atomic E-state index is 11.3. The molecule has 0 fully saturated rings. The lowest BCUT2D eigenvalue weighted by molar-refractivity contribution is -0.122. The topological polar surface area (TPSA) is 120 Å². The number of guanidine groups is 1. The Kier molecular flexibility index (Phi) is 7.35. The highest BCUT2D eigenvalue weighted by molar-refractivity contribution is 5.81. The first-order valence-corrected chi connectivity index (χ1v) is 5.16. The van der Waals surface area contributed by atoms with E-state index in [1.54, 1.807) is 0 Å². The molecule has 6 nitrogen and oxygen atoms in total. The number of nitrogens with one attached hydrogen (secondary N) is 1. The molecule has 88 valence electrons. The van der Waals surface area contributed by atoms with Crippen molar-refractivity contribution in [3.63, 3.8) is 0 Å². The number of carbonyl (C=O) groups is 1. The highest BCUT2D eigenvalue weighted by Gasteiger charge is 2.11. The molecule has 0 saturated heterocycles. The number of aliphatic imine (C=N–C) groups is 1. The van der Waals surface area contributed by atoms with E-state index in [-0.39, 0.29) is 11.9 Å². The molecule has 0 heterocycles. The second-order valence-corrected chi connectivity index (χ2v) is 3.35. The van der Waals surface area contributed by atoms with Crippen LogP contribution in [0.5, 0.6) is 0 Å². The second-order valence-electron chi connectivity index (χ2n) is 3.35. The Morgan fingerprint density at radius 1 is 1.47 bits per heavy atom. The Labute approximate surface area is 90.3 Å². The van der Waals surface area contributed by atoms with Gasteiger partial charge in [0.1, 0.15) is 0 Å². The van der Waals surface area contributed by atoms with Gasteiger partial charge in [-0.15, -0.1) is 0 Å². The first kappa shape index (κ1) is 13.7. The SMILES string of the molecule is CCCNC(=O)[C@@H](N)CCCN=C(N)N. The largest absolute Gasteiger partial charge is 0.370 e. The number of carbonyl (C=O) groups excluding carboxylic acids is 1. The third kappa shape index (κ3) is 7.75. The molecule has 0 rings (SSSR count). The maximum atomic E-state index is 11.3. The molecule has 0 unspecified atom stereocenters. The zero-order valence-corrected chi connectivity index (χ0v) is 9.20. The molecule has 6 heteroatoms. The lowest BCUT2D eigenvalue weighted by atomic mass is 10.1. The molecule has 0 radical (unpaired) electrons. The van der Waals surface area contributed by atoms with Crippen molar-refractivity contribution >= 4 is 11.9 Å². The molecule has 0 aliphatic rings. The van der Waals surface area contributed by atoms with E-state index >= 15 is 0 Å². The number of rotatable bonds is 7. The van der Waals surface area contributed by atoms with Crippen LogP contribution in [-0.4, -0.2) is 31.0 Å². The quantitative estimate of drug-likeness (QED) is 0.244. The molecule has 7 N–H and O–H groups in total. The average Bonchev–Trinajstić information content (AvgIpc) is 2.20. The van der Waals surface area contributed by atoms with Gasteiger partial charge in [0.25, 0.3) is 0 Å². The van der Waals surface area contributed by atoms with E-state index in [1.165, 1.54) is 0 Å². The van der Waals surface area contributed by atoms with Gasteiger partial charge in [-0.1, -0.05) is 6.92 Å². The summed E-state index contributed by atoms with van der Waals surface area (Å²) >= 11 is 0. The van der Waals surface area contributed by atoms with Gasteiger partial charge >= 0.3 is 0 Å². The van der Waals surface area contributed by atoms with Crippen LogP contribution in [-0.2, 0) is 4.79 Å². The average molecular weight is 215 g/mol. The van der Waals surface area contributed by atoms with E-state index in [9.17, 15) is 4.79 Å². The molecule has 1 amide bonds. The van der Waals surface area contributed by atoms with Gasteiger partial charge in [0.2, 0.25) is 5.91 Å². The summed E-state index contributed by atoms with van der Waals surface area (Å²) in [5.41, 5.74) is 16.0. The Hall–Kier alpha value is -1.30. The summed E-state index contributed by atoms with van der Waals surface area (Å²) in [6.45, 7) is 3.17. The number of nitrogens with two attached hydrogens (primary N) is 3. The van der Waals surface area contributed by atoms with Crippen molar-refractivity contribution in [3.8, 4) is 0 Å². The Morgan fingerprint density at radius 3 is 2.67 bits per heavy atom. The predicted molar refractivity (Wildman–Crippen MR) is 61.2 cm³/mol. The molecule has 0 aromatic carbocycles. The molecule has 0 aromatic heterocycles. The predicted octanol–water partition coefficient (Wildman–Crippen LogP) is -1.11. The van der Waals surface area contributed by atoms with Crippen LogP contribution in [0.4, 0.5) is 0 Å². The van der Waals surface area contributed by atoms with E-state index in [2.05, 4.69) is 10.3 Å². The molecule has 0 saturated carbocycles. The smallest absolute Gasteiger partial charge is 0.236 e. The van der Waals surface area contributed by atoms with Crippen LogP contribution in [0, 0.1) is 0 Å². The first-order valence-electron chi connectivity index (χ1n) is 5.16. The van der Waals surface area contributed by atoms with Gasteiger partial charge in [0.05, 0.1) is 6.04 Å². The standard InChI is InChI=1S/C9H21N5O/c1-2-5-13-8(15)7(10)4-3-6-14-9(11)12/h7H,2-6,10H2,1H3,(H,13,15)(H4,11,12,14)/t7-/m0/s1. The summed E-state index contributed by atoms with van der Waals surface area (Å²) in [6, 6.07) is -0.467. The number of hydrogen-bond donors (Lipinski definition) is 4. The summed E-state index contributed by atoms with van der Waals surface area (Å²) in [7, 11) is 0. The first-order chi connectivity index (χ1) is 7.07. The molecule has 0 aromatic rings. The number of hydrogen-bond acceptors (Lipinski definition) is 3. The normalized spacial score (nSPS) is 11.9. The summed E-state index contributed by atoms with van der Waals surface area (Å²) in [5, 5.41) is 2.73. The van der Waals surface area contributed by atoms with E-state index in [1.807, 2.05) is 6.92 Å². The van der Waals surface area contributed by atoms with Gasteiger partial charge in [-0.3, -0.25) is 9.79 Å². The van der Waals surface area contributed by atoms with Crippen LogP contribution >= 0.6 is 0 Å². The fourth-order valence-corrected chi connectivity index (χ4v) is 1.03. The van der Waals surface area contributed by atoms with Crippen LogP contribution in [0.2, 0.25) is 0 Å². The van der Waals surface area contributed by atoms with Crippen molar-refractivity contribution in [3.05, 3.63) is 0 Å². The molecule has 0 aliphatic carbocycles. The third-order valence-corrected chi connectivity index (χ3v) is 1.85. The van der Waals surface area contributed by atoms with Gasteiger partial charge < -0.3 is 22.5 Å². The molecule has 1 atom stereocenters. The van der Waals surface area contributed by atoms with Crippen molar-refractivity contribution in [1.29, 1.82) is 0 Å². The van der Waals surface area contributed by atoms with Gasteiger partial charge in [-0.2, -0.15) is 0 Å². The Bertz CT molecular complexity index is 213. The lowest BCUT2D eigenvalue weighted by Gasteiger charge is -2.10. The van der Waals surface area contributed by atoms with Gasteiger partial charge in [-0.05, 0) is 19.3 Å². The number of amides is 1. The van der Waals surface area contributed by atoms with E-state index in [4.69, 9.17) is 17.2 Å². The van der Waals surface area contributed by atoms with Gasteiger partial charge in [-0.25, -0.2) is 0 Å². The maximum Gasteiger partial charge on any atom is 0.236 e. The molecule has 0 aliphatic heterocycles. The summed E-state index contributed by atoms with van der Waals surface area (Å²) in [4.78, 5) is 15.1. The van der Waals surface area contributed by atoms with Crippen molar-refractivity contribution in [1.82, 2.24) is 5.32 Å². The Balaban J connectivity index is 3.59. The molecule has 15 heavy (non-hydrogen) atoms. The summed E-state index contributed by atoms with van der Waals surface area (Å²) in [6.07, 6.45) is 2.21. The van der Waals surface area contributed by atoms with E-state index < -0.39 is 6.04 Å². The summed E-state index contributed by atoms with van der Waals surface area (Å²) < 4.78 is 0. The third-order valence-electron chi connectivity index (χ3n) is 1.85. The zero-order chi connectivity index (χ0) is 11.7. The van der Waals surface area contributed by atoms with Crippen LogP contribution in [0.1, 0.15) is 26.2 Å². The molecule has 0 bridgehead atoms. The van der Waals surface area contributed by atoms with Crippen LogP contribution in [0.25, 0.3) is 0 Å². The van der Waals surface area contributed by atoms with E-state index in [0.717, 1.165) is 6.42 Å². The van der Waals surface area contributed by atoms with Crippen molar-refractivity contribution < 1.29 is 4.79 Å². The van der Waals surface area contributed by atoms with Gasteiger partial charge in [0, 0.05) is 13.1 Å². The fraction of sp³-hybridized carbons (Fsp3) is 0.778. The van der Waals surface area contributed by atoms with Crippen LogP contribution < -0.4 is 22.5 Å². The summed E-state index contributed by atoms with van der Waals surface area (Å²) in [5.74, 6) is -0.0412. The highest BCUT2D eigenvalue weighted by Crippen LogP contribution is 1.95. The van der Waals surface area contributed by atoms with Crippen LogP contribution in [0.15, 0.2) is 4.99 Å². The van der Waals surface area contributed by atoms with Crippen molar-refractivity contribution in [2.45, 2.75) is 32.2 Å². The minimum absolute atomic E-state index is 0.0685. The van der Waals surface area contributed by atoms with E-state index in [0.29, 0.717) is 25.9 Å². The number of nitrogens with zero attached hydrogens (tertiary/aromatic N) is 1. The minimum atomic E-state index is -0.467. The fourth-order valence-electron chi connectivity index (χ4n) is 1.03. The van der Waals surface area contributed by atoms with Crippen molar-refractivity contribution in [2.24, 2.45) is 22.2 Å². The highest BCUT2D eigenvalue weighted by atomic mass is 16.2. The molecular formula is C9H21N5O. The molecule has 0 spiro atoms. The van der Waals surface area contributed by atoms with Gasteiger partial charge in [0.15, 0.2) is 5.96 Å². The second kappa shape index (κ2) is 8.05. The Morgan fingerprint density at radius 2 is 2.13 bits per heavy atom. The zero-order valence-electron chi connectivity index (χ0n) is 9.20. The molecular weight excluding hydrogens is 194 g/mol. The van der Waals surface area contributed by atoms with Crippen molar-refractivity contribution in [2.75, 3.05) is 13.1 Å². The minimum Gasteiger partial charge on any atom is -0.370 e. The van der Waals surface area contributed by atoms with Crippen LogP contribution in [0.3, 0.4) is 0 Å². The monoisotopic (exact) mass is 215 g/mol.